The van der Waals surface area contributed by atoms with Crippen LogP contribution in [-0.2, 0) is 17.7 Å². The second-order valence-corrected chi connectivity index (χ2v) is 14.3. The first-order valence-electron chi connectivity index (χ1n) is 16.6. The van der Waals surface area contributed by atoms with Crippen LogP contribution >= 0.6 is 0 Å². The van der Waals surface area contributed by atoms with Gasteiger partial charge < -0.3 is 24.2 Å². The molecule has 0 N–H and O–H groups in total. The van der Waals surface area contributed by atoms with Crippen LogP contribution in [0.2, 0.25) is 0 Å². The molecule has 2 bridgehead atoms. The molecule has 3 saturated heterocycles. The smallest absolute Gasteiger partial charge is 0.410 e. The Balaban J connectivity index is 1.21. The van der Waals surface area contributed by atoms with E-state index in [1.807, 2.05) is 49.9 Å². The van der Waals surface area contributed by atoms with Gasteiger partial charge in [-0.1, -0.05) is 24.3 Å². The highest BCUT2D eigenvalue weighted by atomic mass is 19.3. The van der Waals surface area contributed by atoms with Gasteiger partial charge in [0.05, 0.1) is 24.3 Å². The second kappa shape index (κ2) is 12.1. The summed E-state index contributed by atoms with van der Waals surface area (Å²) >= 11 is 0. The molecule has 7 rings (SSSR count). The summed E-state index contributed by atoms with van der Waals surface area (Å²) in [5.41, 5.74) is 2.19. The zero-order valence-corrected chi connectivity index (χ0v) is 27.2. The molecule has 0 saturated carbocycles. The topological polar surface area (TPSA) is 74.3 Å². The molecule has 11 heteroatoms. The number of carbonyl (C=O) groups excluding carboxylic acids is 1. The van der Waals surface area contributed by atoms with Gasteiger partial charge in [-0.2, -0.15) is 9.97 Å². The van der Waals surface area contributed by atoms with Crippen LogP contribution in [0.25, 0.3) is 10.8 Å². The number of carbonyl (C=O) groups is 1. The normalized spacial score (nSPS) is 23.4. The Morgan fingerprint density at radius 3 is 2.48 bits per heavy atom. The number of alkyl halides is 2. The lowest BCUT2D eigenvalue weighted by molar-refractivity contribution is 0.0122. The van der Waals surface area contributed by atoms with E-state index in [1.54, 1.807) is 12.1 Å². The van der Waals surface area contributed by atoms with Crippen LogP contribution in [0.1, 0.15) is 69.7 Å². The maximum Gasteiger partial charge on any atom is 0.410 e. The van der Waals surface area contributed by atoms with E-state index in [9.17, 15) is 13.6 Å². The average Bonchev–Trinajstić information content (AvgIpc) is 3.56. The van der Waals surface area contributed by atoms with Crippen LogP contribution in [0, 0.1) is 0 Å². The number of ether oxygens (including phenoxy) is 2. The molecule has 3 aromatic rings. The highest BCUT2D eigenvalue weighted by Gasteiger charge is 2.45. The number of aromatic nitrogens is 2. The molecule has 9 nitrogen and oxygen atoms in total. The minimum absolute atomic E-state index is 0.0194. The summed E-state index contributed by atoms with van der Waals surface area (Å²) in [4.78, 5) is 31.9. The first-order chi connectivity index (χ1) is 22.0. The zero-order valence-electron chi connectivity index (χ0n) is 27.2. The van der Waals surface area contributed by atoms with Crippen molar-refractivity contribution in [2.45, 2.75) is 89.6 Å². The van der Waals surface area contributed by atoms with Gasteiger partial charge in [0.1, 0.15) is 18.0 Å². The van der Waals surface area contributed by atoms with Crippen LogP contribution in [0.4, 0.5) is 25.1 Å². The van der Waals surface area contributed by atoms with Crippen LogP contribution in [0.5, 0.6) is 6.01 Å². The van der Waals surface area contributed by atoms with Gasteiger partial charge in [-0.05, 0) is 84.0 Å². The van der Waals surface area contributed by atoms with Crippen molar-refractivity contribution >= 4 is 28.4 Å². The molecule has 5 heterocycles. The highest BCUT2D eigenvalue weighted by Crippen LogP contribution is 2.39. The molecule has 0 spiro atoms. The number of nitrogens with zero attached hydrogens (tertiary/aromatic N) is 6. The maximum atomic E-state index is 14.0. The number of amides is 1. The molecule has 3 atom stereocenters. The summed E-state index contributed by atoms with van der Waals surface area (Å²) in [6.07, 6.45) is 1.93. The van der Waals surface area contributed by atoms with E-state index < -0.39 is 12.0 Å². The number of fused-ring (bicyclic) bond motifs is 4. The van der Waals surface area contributed by atoms with Gasteiger partial charge in [0.2, 0.25) is 0 Å². The largest absolute Gasteiger partial charge is 0.462 e. The second-order valence-electron chi connectivity index (χ2n) is 14.3. The molecule has 4 aliphatic heterocycles. The molecule has 2 aromatic carbocycles. The van der Waals surface area contributed by atoms with Crippen molar-refractivity contribution in [1.29, 1.82) is 0 Å². The van der Waals surface area contributed by atoms with E-state index in [1.165, 1.54) is 0 Å². The van der Waals surface area contributed by atoms with Crippen LogP contribution in [0.15, 0.2) is 36.4 Å². The third-order valence-corrected chi connectivity index (χ3v) is 9.94. The van der Waals surface area contributed by atoms with Crippen molar-refractivity contribution in [3.05, 3.63) is 53.2 Å². The van der Waals surface area contributed by atoms with Gasteiger partial charge in [-0.25, -0.2) is 13.6 Å². The lowest BCUT2D eigenvalue weighted by atomic mass is 10.00. The van der Waals surface area contributed by atoms with E-state index in [2.05, 4.69) is 21.7 Å². The van der Waals surface area contributed by atoms with Crippen LogP contribution in [0.3, 0.4) is 0 Å². The molecule has 0 unspecified atom stereocenters. The number of likely N-dealkylation sites (tertiary alicyclic amines) is 1. The van der Waals surface area contributed by atoms with Gasteiger partial charge in [-0.3, -0.25) is 4.90 Å². The fraction of sp³-hybridized carbons (Fsp3) is 0.571. The fourth-order valence-electron chi connectivity index (χ4n) is 7.67. The molecule has 1 aromatic heterocycles. The summed E-state index contributed by atoms with van der Waals surface area (Å²) in [6, 6.07) is 11.7. The number of benzene rings is 2. The third-order valence-electron chi connectivity index (χ3n) is 9.94. The molecule has 0 radical (unpaired) electrons. The Morgan fingerprint density at radius 1 is 1.02 bits per heavy atom. The zero-order chi connectivity index (χ0) is 32.2. The number of anilines is 2. The predicted molar refractivity (Wildman–Crippen MR) is 174 cm³/mol. The average molecular weight is 635 g/mol. The number of rotatable bonds is 6. The van der Waals surface area contributed by atoms with E-state index in [0.717, 1.165) is 65.8 Å². The van der Waals surface area contributed by atoms with Gasteiger partial charge in [0.25, 0.3) is 6.43 Å². The number of hydrogen-bond donors (Lipinski definition) is 0. The van der Waals surface area contributed by atoms with Crippen LogP contribution < -0.4 is 14.5 Å². The Labute approximate surface area is 269 Å². The van der Waals surface area contributed by atoms with E-state index in [4.69, 9.17) is 19.4 Å². The predicted octanol–water partition coefficient (Wildman–Crippen LogP) is 6.19. The van der Waals surface area contributed by atoms with Crippen molar-refractivity contribution in [3.8, 4) is 6.01 Å². The molecule has 1 amide bonds. The van der Waals surface area contributed by atoms with Crippen molar-refractivity contribution in [2.24, 2.45) is 0 Å². The highest BCUT2D eigenvalue weighted by molar-refractivity contribution is 5.95. The lowest BCUT2D eigenvalue weighted by Crippen LogP contribution is -2.57. The molecule has 4 aliphatic rings. The summed E-state index contributed by atoms with van der Waals surface area (Å²) in [6.45, 7) is 9.70. The fourth-order valence-corrected chi connectivity index (χ4v) is 7.67. The van der Waals surface area contributed by atoms with E-state index in [-0.39, 0.29) is 23.7 Å². The monoisotopic (exact) mass is 634 g/mol. The number of hydrogen-bond acceptors (Lipinski definition) is 8. The van der Waals surface area contributed by atoms with Gasteiger partial charge >= 0.3 is 12.1 Å². The Kier molecular flexibility index (Phi) is 8.15. The van der Waals surface area contributed by atoms with Crippen molar-refractivity contribution in [3.63, 3.8) is 0 Å². The first-order valence-corrected chi connectivity index (χ1v) is 16.6. The summed E-state index contributed by atoms with van der Waals surface area (Å²) < 4.78 is 40.0. The van der Waals surface area contributed by atoms with Crippen molar-refractivity contribution < 1.29 is 23.0 Å². The maximum absolute atomic E-state index is 14.0. The van der Waals surface area contributed by atoms with Crippen molar-refractivity contribution in [1.82, 2.24) is 19.8 Å². The Bertz CT molecular complexity index is 1600. The summed E-state index contributed by atoms with van der Waals surface area (Å²) in [5.74, 6) is 0.867. The van der Waals surface area contributed by atoms with Gasteiger partial charge in [-0.15, -0.1) is 0 Å². The lowest BCUT2D eigenvalue weighted by Gasteiger charge is -2.43. The molecule has 46 heavy (non-hydrogen) atoms. The standard InChI is InChI=1S/C35H44F2N6O3/c1-35(2,3)46-34(44)43-24-11-12-25(43)19-42(18-24)32-28-13-15-41(30-17-23(31(36)37)16-22-8-5-6-10-27(22)30)20-29(28)38-33(39-32)45-21-26-9-7-14-40(26)4/h5-6,8,10,16-17,24-26,31H,7,9,11-15,18-21H2,1-4H3/t24-,25+,26-/m0/s1. The van der Waals surface area contributed by atoms with Crippen molar-refractivity contribution in [2.75, 3.05) is 49.6 Å². The number of halogens is 2. The number of piperazine rings is 1. The van der Waals surface area contributed by atoms with Gasteiger partial charge in [0.15, 0.2) is 0 Å². The third kappa shape index (κ3) is 6.06. The Hall–Kier alpha value is -3.73. The minimum atomic E-state index is -2.56. The minimum Gasteiger partial charge on any atom is -0.462 e. The summed E-state index contributed by atoms with van der Waals surface area (Å²) in [5, 5.41) is 1.74. The summed E-state index contributed by atoms with van der Waals surface area (Å²) in [7, 11) is 2.12. The quantitative estimate of drug-likeness (QED) is 0.318. The molecule has 246 valence electrons. The molecule has 0 aliphatic carbocycles. The van der Waals surface area contributed by atoms with E-state index in [0.29, 0.717) is 51.3 Å². The first kappa shape index (κ1) is 30.9. The SMILES string of the molecule is CN1CCC[C@H]1COc1nc2c(c(N3C[C@H]4CC[C@@H](C3)N4C(=O)OC(C)(C)C)n1)CCN(c1cc(C(F)F)cc3ccccc13)C2. The number of likely N-dealkylation sites (N-methyl/N-ethyl adjacent to an activating group) is 1. The Morgan fingerprint density at radius 2 is 1.78 bits per heavy atom. The van der Waals surface area contributed by atoms with Crippen LogP contribution in [-0.4, -0.2) is 89.4 Å². The van der Waals surface area contributed by atoms with Gasteiger partial charge in [0, 0.05) is 47.9 Å². The molecular weight excluding hydrogens is 590 g/mol. The molecule has 3 fully saturated rings. The van der Waals surface area contributed by atoms with E-state index >= 15 is 0 Å². The molecular formula is C35H44F2N6O3.